The molecule has 1 amide bonds. The van der Waals surface area contributed by atoms with E-state index in [1.807, 2.05) is 6.92 Å². The van der Waals surface area contributed by atoms with Crippen molar-refractivity contribution in [3.05, 3.63) is 39.9 Å². The van der Waals surface area contributed by atoms with Gasteiger partial charge in [-0.3, -0.25) is 4.79 Å². The van der Waals surface area contributed by atoms with Gasteiger partial charge in [0.25, 0.3) is 0 Å². The quantitative estimate of drug-likeness (QED) is 0.748. The summed E-state index contributed by atoms with van der Waals surface area (Å²) in [5.74, 6) is -1.51. The molecule has 0 unspecified atom stereocenters. The third-order valence-corrected chi connectivity index (χ3v) is 3.69. The predicted molar refractivity (Wildman–Crippen MR) is 84.6 cm³/mol. The van der Waals surface area contributed by atoms with Gasteiger partial charge >= 0.3 is 5.97 Å². The van der Waals surface area contributed by atoms with Gasteiger partial charge < -0.3 is 10.4 Å². The summed E-state index contributed by atoms with van der Waals surface area (Å²) in [5.41, 5.74) is 0.597. The number of rotatable bonds is 7. The summed E-state index contributed by atoms with van der Waals surface area (Å²) in [6.07, 6.45) is 4.76. The van der Waals surface area contributed by atoms with Crippen LogP contribution in [-0.4, -0.2) is 23.0 Å². The number of hydrogen-bond donors (Lipinski definition) is 2. The summed E-state index contributed by atoms with van der Waals surface area (Å²) in [7, 11) is 0. The summed E-state index contributed by atoms with van der Waals surface area (Å²) in [6.45, 7) is 1.96. The van der Waals surface area contributed by atoms with Crippen LogP contribution in [0, 0.1) is 0 Å². The zero-order chi connectivity index (χ0) is 15.8. The van der Waals surface area contributed by atoms with E-state index in [1.165, 1.54) is 12.2 Å². The van der Waals surface area contributed by atoms with Crippen molar-refractivity contribution in [2.24, 2.45) is 0 Å². The van der Waals surface area contributed by atoms with E-state index in [9.17, 15) is 9.59 Å². The van der Waals surface area contributed by atoms with E-state index in [0.29, 0.717) is 22.0 Å². The predicted octanol–water partition coefficient (Wildman–Crippen LogP) is 3.77. The first-order valence-electron chi connectivity index (χ1n) is 6.61. The van der Waals surface area contributed by atoms with Crippen LogP contribution in [0.2, 0.25) is 10.0 Å². The average molecular weight is 330 g/mol. The molecule has 0 aromatic heterocycles. The van der Waals surface area contributed by atoms with Gasteiger partial charge in [-0.2, -0.15) is 0 Å². The normalized spacial score (nSPS) is 12.3. The van der Waals surface area contributed by atoms with Crippen LogP contribution in [0.1, 0.15) is 31.7 Å². The molecule has 2 N–H and O–H groups in total. The third-order valence-electron chi connectivity index (χ3n) is 2.86. The number of carbonyl (C=O) groups excluding carboxylic acids is 1. The Morgan fingerprint density at radius 3 is 2.71 bits per heavy atom. The van der Waals surface area contributed by atoms with Crippen molar-refractivity contribution >= 4 is 41.2 Å². The lowest BCUT2D eigenvalue weighted by Gasteiger charge is -2.12. The zero-order valence-corrected chi connectivity index (χ0v) is 13.1. The molecule has 1 aromatic carbocycles. The van der Waals surface area contributed by atoms with Crippen LogP contribution in [0.4, 0.5) is 0 Å². The molecular formula is C15H17Cl2NO3. The minimum Gasteiger partial charge on any atom is -0.480 e. The first-order valence-corrected chi connectivity index (χ1v) is 7.36. The summed E-state index contributed by atoms with van der Waals surface area (Å²) in [4.78, 5) is 22.8. The Balaban J connectivity index is 2.69. The Labute approximate surface area is 133 Å². The first-order chi connectivity index (χ1) is 9.95. The van der Waals surface area contributed by atoms with E-state index >= 15 is 0 Å². The smallest absolute Gasteiger partial charge is 0.326 e. The molecule has 0 heterocycles. The molecule has 0 aliphatic heterocycles. The van der Waals surface area contributed by atoms with E-state index in [-0.39, 0.29) is 0 Å². The van der Waals surface area contributed by atoms with Gasteiger partial charge in [-0.25, -0.2) is 4.79 Å². The molecule has 1 rings (SSSR count). The highest BCUT2D eigenvalue weighted by atomic mass is 35.5. The lowest BCUT2D eigenvalue weighted by atomic mass is 10.1. The van der Waals surface area contributed by atoms with Gasteiger partial charge in [0.2, 0.25) is 5.91 Å². The van der Waals surface area contributed by atoms with E-state index in [0.717, 1.165) is 12.8 Å². The summed E-state index contributed by atoms with van der Waals surface area (Å²) in [5, 5.41) is 12.2. The van der Waals surface area contributed by atoms with Crippen molar-refractivity contribution in [3.63, 3.8) is 0 Å². The molecule has 0 spiro atoms. The highest BCUT2D eigenvalue weighted by Crippen LogP contribution is 2.26. The molecule has 1 atom stereocenters. The number of benzene rings is 1. The molecule has 4 nitrogen and oxygen atoms in total. The molecule has 114 valence electrons. The highest BCUT2D eigenvalue weighted by Gasteiger charge is 2.17. The van der Waals surface area contributed by atoms with Crippen LogP contribution in [-0.2, 0) is 9.59 Å². The number of nitrogens with one attached hydrogen (secondary N) is 1. The number of carboxylic acids is 1. The molecule has 0 saturated heterocycles. The average Bonchev–Trinajstić information content (AvgIpc) is 2.44. The molecule has 0 aliphatic rings. The fraction of sp³-hybridized carbons (Fsp3) is 0.333. The van der Waals surface area contributed by atoms with E-state index in [1.54, 1.807) is 18.2 Å². The van der Waals surface area contributed by atoms with Crippen molar-refractivity contribution < 1.29 is 14.7 Å². The monoisotopic (exact) mass is 329 g/mol. The van der Waals surface area contributed by atoms with Crippen LogP contribution >= 0.6 is 23.2 Å². The van der Waals surface area contributed by atoms with Crippen LogP contribution in [0.3, 0.4) is 0 Å². The maximum absolute atomic E-state index is 11.8. The number of hydrogen-bond acceptors (Lipinski definition) is 2. The van der Waals surface area contributed by atoms with Crippen molar-refractivity contribution in [3.8, 4) is 0 Å². The van der Waals surface area contributed by atoms with Gasteiger partial charge in [-0.1, -0.05) is 55.1 Å². The van der Waals surface area contributed by atoms with Crippen LogP contribution in [0.5, 0.6) is 0 Å². The highest BCUT2D eigenvalue weighted by molar-refractivity contribution is 6.42. The van der Waals surface area contributed by atoms with E-state index < -0.39 is 17.9 Å². The maximum atomic E-state index is 11.8. The van der Waals surface area contributed by atoms with Gasteiger partial charge in [0.15, 0.2) is 0 Å². The summed E-state index contributed by atoms with van der Waals surface area (Å²) >= 11 is 11.9. The second kappa shape index (κ2) is 8.70. The van der Waals surface area contributed by atoms with Crippen LogP contribution in [0.15, 0.2) is 24.3 Å². The molecule has 0 fully saturated rings. The Bertz CT molecular complexity index is 544. The molecule has 21 heavy (non-hydrogen) atoms. The largest absolute Gasteiger partial charge is 0.480 e. The molecule has 0 bridgehead atoms. The van der Waals surface area contributed by atoms with Gasteiger partial charge in [-0.05, 0) is 24.1 Å². The standard InChI is InChI=1S/C15H17Cl2NO3/c1-2-3-7-12(15(20)21)18-13(19)9-8-10-5-4-6-11(16)14(10)17/h4-6,8-9,12H,2-3,7H2,1H3,(H,18,19)(H,20,21)/b9-8+/t12-/m0/s1. The second-order valence-corrected chi connectivity index (χ2v) is 5.30. The summed E-state index contributed by atoms with van der Waals surface area (Å²) < 4.78 is 0. The van der Waals surface area contributed by atoms with Gasteiger partial charge in [0.05, 0.1) is 10.0 Å². The number of halogens is 2. The number of amides is 1. The fourth-order valence-electron chi connectivity index (χ4n) is 1.70. The number of unbranched alkanes of at least 4 members (excludes halogenated alkanes) is 1. The van der Waals surface area contributed by atoms with Gasteiger partial charge in [0, 0.05) is 6.08 Å². The number of carboxylic acid groups (broad SMARTS) is 1. The Hall–Kier alpha value is -1.52. The van der Waals surface area contributed by atoms with E-state index in [2.05, 4.69) is 5.32 Å². The molecule has 0 radical (unpaired) electrons. The van der Waals surface area contributed by atoms with Gasteiger partial charge in [0.1, 0.15) is 6.04 Å². The maximum Gasteiger partial charge on any atom is 0.326 e. The van der Waals surface area contributed by atoms with Crippen LogP contribution in [0.25, 0.3) is 6.08 Å². The van der Waals surface area contributed by atoms with E-state index in [4.69, 9.17) is 28.3 Å². The zero-order valence-electron chi connectivity index (χ0n) is 11.6. The SMILES string of the molecule is CCCC[C@H](NC(=O)/C=C/c1cccc(Cl)c1Cl)C(=O)O. The topological polar surface area (TPSA) is 66.4 Å². The Kier molecular flexibility index (Phi) is 7.26. The molecular weight excluding hydrogens is 313 g/mol. The lowest BCUT2D eigenvalue weighted by molar-refractivity contribution is -0.141. The van der Waals surface area contributed by atoms with Crippen LogP contribution < -0.4 is 5.32 Å². The number of carbonyl (C=O) groups is 2. The Morgan fingerprint density at radius 1 is 1.38 bits per heavy atom. The molecule has 6 heteroatoms. The van der Waals surface area contributed by atoms with Crippen molar-refractivity contribution in [2.45, 2.75) is 32.2 Å². The molecule has 0 aliphatic carbocycles. The Morgan fingerprint density at radius 2 is 2.10 bits per heavy atom. The second-order valence-electron chi connectivity index (χ2n) is 4.52. The van der Waals surface area contributed by atoms with Crippen molar-refractivity contribution in [1.29, 1.82) is 0 Å². The minimum absolute atomic E-state index is 0.351. The summed E-state index contributed by atoms with van der Waals surface area (Å²) in [6, 6.07) is 4.19. The third kappa shape index (κ3) is 5.78. The first kappa shape index (κ1) is 17.5. The van der Waals surface area contributed by atoms with Gasteiger partial charge in [-0.15, -0.1) is 0 Å². The molecule has 0 saturated carbocycles. The lowest BCUT2D eigenvalue weighted by Crippen LogP contribution is -2.39. The van der Waals surface area contributed by atoms with Crippen molar-refractivity contribution in [1.82, 2.24) is 5.32 Å². The van der Waals surface area contributed by atoms with Crippen molar-refractivity contribution in [2.75, 3.05) is 0 Å². The fourth-order valence-corrected chi connectivity index (χ4v) is 2.07. The minimum atomic E-state index is -1.04. The number of aliphatic carboxylic acids is 1. The molecule has 1 aromatic rings.